The van der Waals surface area contributed by atoms with Crippen LogP contribution in [0.5, 0.6) is 0 Å². The summed E-state index contributed by atoms with van der Waals surface area (Å²) in [7, 11) is 3.62. The number of aryl methyl sites for hydroxylation is 1. The lowest BCUT2D eigenvalue weighted by Crippen LogP contribution is -2.25. The van der Waals surface area contributed by atoms with Crippen LogP contribution in [0, 0.1) is 5.82 Å². The molecule has 12 heteroatoms. The van der Waals surface area contributed by atoms with Crippen LogP contribution in [0.2, 0.25) is 0 Å². The molecule has 11 nitrogen and oxygen atoms in total. The van der Waals surface area contributed by atoms with Gasteiger partial charge < -0.3 is 10.4 Å². The molecule has 5 aromatic rings. The number of aliphatic hydroxyl groups is 1. The standard InChI is InChI=1S/C33H35FN8O3/c1-33(2,3)21-13-20-17-37-42(32(45)29(20)24(34)14-21)30-23(18-43)22(10-11-35-30)25-15-26(31(44)41(5)39-25)38-28-9-8-19(16-36-28)27-7-6-12-40(27)4/h8-11,13-17,27,43H,6-7,12,18H2,1-5H3,(H,36,38). The molecule has 6 rings (SSSR count). The average Bonchev–Trinajstić information content (AvgIpc) is 3.44. The van der Waals surface area contributed by atoms with Gasteiger partial charge in [0.05, 0.1) is 23.9 Å². The molecule has 0 radical (unpaired) electrons. The van der Waals surface area contributed by atoms with Crippen molar-refractivity contribution in [1.29, 1.82) is 0 Å². The van der Waals surface area contributed by atoms with E-state index in [1.807, 2.05) is 39.1 Å². The number of halogens is 1. The van der Waals surface area contributed by atoms with E-state index in [1.165, 1.54) is 30.2 Å². The molecule has 0 spiro atoms. The number of pyridine rings is 2. The number of aromatic nitrogens is 6. The molecular formula is C33H35FN8O3. The second-order valence-electron chi connectivity index (χ2n) is 12.5. The summed E-state index contributed by atoms with van der Waals surface area (Å²) in [5, 5.41) is 22.5. The summed E-state index contributed by atoms with van der Waals surface area (Å²) in [6.07, 6.45) is 6.90. The molecule has 232 valence electrons. The Hall–Kier alpha value is -4.81. The molecule has 0 bridgehead atoms. The Morgan fingerprint density at radius 1 is 1.04 bits per heavy atom. The Bertz CT molecular complexity index is 2030. The molecule has 2 N–H and O–H groups in total. The van der Waals surface area contributed by atoms with Crippen molar-refractivity contribution >= 4 is 22.3 Å². The number of aliphatic hydroxyl groups excluding tert-OH is 1. The SMILES string of the molecule is CN1CCCC1c1ccc(Nc2cc(-c3ccnc(-n4ncc5cc(C(C)(C)C)cc(F)c5c4=O)c3CO)nn(C)c2=O)nc1. The summed E-state index contributed by atoms with van der Waals surface area (Å²) in [5.74, 6) is -0.136. The number of nitrogens with zero attached hydrogens (tertiary/aromatic N) is 7. The van der Waals surface area contributed by atoms with E-state index in [-0.39, 0.29) is 33.4 Å². The van der Waals surface area contributed by atoms with E-state index >= 15 is 4.39 Å². The average molecular weight is 611 g/mol. The Balaban J connectivity index is 1.39. The van der Waals surface area contributed by atoms with Gasteiger partial charge in [-0.1, -0.05) is 26.8 Å². The summed E-state index contributed by atoms with van der Waals surface area (Å²) in [6.45, 7) is 6.40. The van der Waals surface area contributed by atoms with Gasteiger partial charge >= 0.3 is 0 Å². The Labute approximate surface area is 259 Å². The summed E-state index contributed by atoms with van der Waals surface area (Å²) in [6, 6.07) is 10.5. The van der Waals surface area contributed by atoms with Crippen LogP contribution in [0.15, 0.2) is 64.6 Å². The van der Waals surface area contributed by atoms with Crippen molar-refractivity contribution in [3.8, 4) is 17.1 Å². The molecule has 1 atom stereocenters. The first-order valence-corrected chi connectivity index (χ1v) is 14.8. The summed E-state index contributed by atoms with van der Waals surface area (Å²) in [4.78, 5) is 37.8. The van der Waals surface area contributed by atoms with Gasteiger partial charge in [0.1, 0.15) is 17.3 Å². The maximum absolute atomic E-state index is 15.3. The molecular weight excluding hydrogens is 575 g/mol. The fourth-order valence-corrected chi connectivity index (χ4v) is 5.85. The maximum atomic E-state index is 15.3. The molecule has 45 heavy (non-hydrogen) atoms. The van der Waals surface area contributed by atoms with Gasteiger partial charge in [0, 0.05) is 42.0 Å². The molecule has 5 heterocycles. The van der Waals surface area contributed by atoms with E-state index < -0.39 is 18.0 Å². The first kappa shape index (κ1) is 30.2. The van der Waals surface area contributed by atoms with E-state index in [2.05, 4.69) is 37.4 Å². The largest absolute Gasteiger partial charge is 0.392 e. The highest BCUT2D eigenvalue weighted by Crippen LogP contribution is 2.31. The van der Waals surface area contributed by atoms with Gasteiger partial charge in [0.2, 0.25) is 0 Å². The monoisotopic (exact) mass is 610 g/mol. The maximum Gasteiger partial charge on any atom is 0.290 e. The van der Waals surface area contributed by atoms with Crippen molar-refractivity contribution in [2.75, 3.05) is 18.9 Å². The normalized spacial score (nSPS) is 15.6. The molecule has 1 aliphatic heterocycles. The minimum Gasteiger partial charge on any atom is -0.392 e. The van der Waals surface area contributed by atoms with Crippen LogP contribution in [0.1, 0.15) is 56.3 Å². The van der Waals surface area contributed by atoms with E-state index in [4.69, 9.17) is 0 Å². The summed E-state index contributed by atoms with van der Waals surface area (Å²) < 4.78 is 17.5. The highest BCUT2D eigenvalue weighted by Gasteiger charge is 2.24. The van der Waals surface area contributed by atoms with E-state index in [0.29, 0.717) is 28.5 Å². The van der Waals surface area contributed by atoms with Gasteiger partial charge in [-0.3, -0.25) is 14.5 Å². The molecule has 0 saturated carbocycles. The van der Waals surface area contributed by atoms with Crippen molar-refractivity contribution in [2.24, 2.45) is 7.05 Å². The van der Waals surface area contributed by atoms with Gasteiger partial charge in [-0.15, -0.1) is 0 Å². The van der Waals surface area contributed by atoms with Gasteiger partial charge in [0.25, 0.3) is 11.1 Å². The molecule has 1 unspecified atom stereocenters. The zero-order valence-electron chi connectivity index (χ0n) is 25.9. The number of fused-ring (bicyclic) bond motifs is 1. The lowest BCUT2D eigenvalue weighted by molar-refractivity contribution is 0.281. The second-order valence-corrected chi connectivity index (χ2v) is 12.5. The van der Waals surface area contributed by atoms with Gasteiger partial charge in [-0.25, -0.2) is 19.0 Å². The van der Waals surface area contributed by atoms with Crippen LogP contribution in [-0.2, 0) is 19.1 Å². The molecule has 1 aliphatic rings. The van der Waals surface area contributed by atoms with Crippen molar-refractivity contribution in [3.05, 3.63) is 98.2 Å². The van der Waals surface area contributed by atoms with Crippen molar-refractivity contribution < 1.29 is 9.50 Å². The van der Waals surface area contributed by atoms with Gasteiger partial charge in [0.15, 0.2) is 5.82 Å². The third-order valence-electron chi connectivity index (χ3n) is 8.39. The van der Waals surface area contributed by atoms with E-state index in [9.17, 15) is 14.7 Å². The lowest BCUT2D eigenvalue weighted by atomic mass is 9.86. The van der Waals surface area contributed by atoms with Crippen LogP contribution in [0.25, 0.3) is 27.8 Å². The smallest absolute Gasteiger partial charge is 0.290 e. The van der Waals surface area contributed by atoms with Crippen LogP contribution in [-0.4, -0.2) is 53.1 Å². The molecule has 0 aliphatic carbocycles. The zero-order valence-corrected chi connectivity index (χ0v) is 25.9. The number of anilines is 2. The number of hydrogen-bond acceptors (Lipinski definition) is 9. The number of benzene rings is 1. The quantitative estimate of drug-likeness (QED) is 0.288. The first-order chi connectivity index (χ1) is 21.5. The minimum atomic E-state index is -0.709. The molecule has 0 amide bonds. The zero-order chi connectivity index (χ0) is 32.0. The van der Waals surface area contributed by atoms with Crippen LogP contribution < -0.4 is 16.4 Å². The van der Waals surface area contributed by atoms with E-state index in [0.717, 1.165) is 35.2 Å². The van der Waals surface area contributed by atoms with Crippen LogP contribution in [0.3, 0.4) is 0 Å². The predicted octanol–water partition coefficient (Wildman–Crippen LogP) is 4.38. The van der Waals surface area contributed by atoms with E-state index in [1.54, 1.807) is 18.2 Å². The fourth-order valence-electron chi connectivity index (χ4n) is 5.85. The Morgan fingerprint density at radius 3 is 2.51 bits per heavy atom. The van der Waals surface area contributed by atoms with Crippen molar-refractivity contribution in [3.63, 3.8) is 0 Å². The number of rotatable bonds is 6. The van der Waals surface area contributed by atoms with Crippen molar-refractivity contribution in [1.82, 2.24) is 34.4 Å². The van der Waals surface area contributed by atoms with Gasteiger partial charge in [-0.2, -0.15) is 14.9 Å². The topological polar surface area (TPSA) is 131 Å². The summed E-state index contributed by atoms with van der Waals surface area (Å²) >= 11 is 0. The number of likely N-dealkylation sites (tertiary alicyclic amines) is 1. The Kier molecular flexibility index (Phi) is 7.79. The minimum absolute atomic E-state index is 0.0282. The van der Waals surface area contributed by atoms with Crippen LogP contribution in [0.4, 0.5) is 15.9 Å². The molecule has 1 saturated heterocycles. The Morgan fingerprint density at radius 2 is 1.84 bits per heavy atom. The van der Waals surface area contributed by atoms with Crippen molar-refractivity contribution in [2.45, 2.75) is 51.7 Å². The third kappa shape index (κ3) is 5.62. The number of nitrogens with one attached hydrogen (secondary N) is 1. The predicted molar refractivity (Wildman–Crippen MR) is 170 cm³/mol. The summed E-state index contributed by atoms with van der Waals surface area (Å²) in [5.41, 5.74) is 1.66. The number of hydrogen-bond donors (Lipinski definition) is 2. The second kappa shape index (κ2) is 11.6. The lowest BCUT2D eigenvalue weighted by Gasteiger charge is -2.20. The molecule has 1 fully saturated rings. The first-order valence-electron chi connectivity index (χ1n) is 14.8. The van der Waals surface area contributed by atoms with Crippen LogP contribution >= 0.6 is 0 Å². The highest BCUT2D eigenvalue weighted by atomic mass is 19.1. The molecule has 4 aromatic heterocycles. The fraction of sp³-hybridized carbons (Fsp3) is 0.333. The van der Waals surface area contributed by atoms with Gasteiger partial charge in [-0.05, 0) is 73.3 Å². The molecule has 1 aromatic carbocycles. The highest BCUT2D eigenvalue weighted by molar-refractivity contribution is 5.82. The third-order valence-corrected chi connectivity index (χ3v) is 8.39.